The highest BCUT2D eigenvalue weighted by Crippen LogP contribution is 2.30. The fourth-order valence-electron chi connectivity index (χ4n) is 3.32. The number of hydrogen-bond donors (Lipinski definition) is 1. The van der Waals surface area contributed by atoms with Crippen molar-refractivity contribution in [2.75, 3.05) is 57.4 Å². The second-order valence-corrected chi connectivity index (χ2v) is 6.27. The third-order valence-corrected chi connectivity index (χ3v) is 5.12. The van der Waals surface area contributed by atoms with Crippen molar-refractivity contribution in [2.45, 2.75) is 18.6 Å². The number of hydrogen-bond acceptors (Lipinski definition) is 5. The van der Waals surface area contributed by atoms with Gasteiger partial charge >= 0.3 is 0 Å². The maximum atomic E-state index is 5.50. The molecule has 17 heavy (non-hydrogen) atoms. The van der Waals surface area contributed by atoms with Crippen LogP contribution < -0.4 is 5.32 Å². The lowest BCUT2D eigenvalue weighted by molar-refractivity contribution is -0.108. The van der Waals surface area contributed by atoms with E-state index in [0.717, 1.165) is 26.3 Å². The molecule has 0 saturated carbocycles. The summed E-state index contributed by atoms with van der Waals surface area (Å²) in [6.45, 7) is 7.58. The van der Waals surface area contributed by atoms with E-state index >= 15 is 0 Å². The lowest BCUT2D eigenvalue weighted by atomic mass is 10.1. The third-order valence-electron chi connectivity index (χ3n) is 4.18. The molecule has 0 amide bonds. The molecule has 0 aliphatic carbocycles. The molecule has 0 aromatic heterocycles. The summed E-state index contributed by atoms with van der Waals surface area (Å²) in [5.74, 6) is 2.73. The van der Waals surface area contributed by atoms with Crippen LogP contribution in [-0.2, 0) is 4.74 Å². The minimum Gasteiger partial charge on any atom is -0.379 e. The standard InChI is InChI=1S/C12H23N3OS/c1-2-12(13-3-1,14-4-8-16-9-5-14)15-6-10-17-11-7-15/h13H,1-11H2. The van der Waals surface area contributed by atoms with Crippen molar-refractivity contribution in [3.05, 3.63) is 0 Å². The molecule has 0 bridgehead atoms. The van der Waals surface area contributed by atoms with Gasteiger partial charge in [-0.05, 0) is 19.4 Å². The van der Waals surface area contributed by atoms with Gasteiger partial charge in [-0.2, -0.15) is 11.8 Å². The molecular weight excluding hydrogens is 234 g/mol. The van der Waals surface area contributed by atoms with Gasteiger partial charge in [0, 0.05) is 37.7 Å². The summed E-state index contributed by atoms with van der Waals surface area (Å²) in [5.41, 5.74) is 0. The number of morpholine rings is 1. The van der Waals surface area contributed by atoms with E-state index in [9.17, 15) is 0 Å². The van der Waals surface area contributed by atoms with Crippen LogP contribution in [0.4, 0.5) is 0 Å². The van der Waals surface area contributed by atoms with Crippen molar-refractivity contribution in [2.24, 2.45) is 0 Å². The summed E-state index contributed by atoms with van der Waals surface area (Å²) >= 11 is 2.09. The molecule has 0 spiro atoms. The van der Waals surface area contributed by atoms with Crippen molar-refractivity contribution < 1.29 is 4.74 Å². The summed E-state index contributed by atoms with van der Waals surface area (Å²) in [6, 6.07) is 0. The number of nitrogens with one attached hydrogen (secondary N) is 1. The zero-order chi connectivity index (χ0) is 11.6. The molecule has 0 aromatic carbocycles. The van der Waals surface area contributed by atoms with E-state index in [0.29, 0.717) is 0 Å². The Bertz CT molecular complexity index is 226. The molecule has 3 heterocycles. The highest BCUT2D eigenvalue weighted by Gasteiger charge is 2.45. The Balaban J connectivity index is 1.75. The first-order valence-electron chi connectivity index (χ1n) is 6.82. The van der Waals surface area contributed by atoms with Crippen molar-refractivity contribution >= 4 is 11.8 Å². The molecule has 0 radical (unpaired) electrons. The molecule has 3 fully saturated rings. The van der Waals surface area contributed by atoms with Crippen LogP contribution in [0.1, 0.15) is 12.8 Å². The molecule has 5 heteroatoms. The molecule has 3 saturated heterocycles. The molecule has 3 aliphatic rings. The van der Waals surface area contributed by atoms with E-state index in [4.69, 9.17) is 4.74 Å². The van der Waals surface area contributed by atoms with Gasteiger partial charge in [-0.25, -0.2) is 0 Å². The predicted molar refractivity (Wildman–Crippen MR) is 71.3 cm³/mol. The maximum absolute atomic E-state index is 5.50. The molecule has 1 N–H and O–H groups in total. The van der Waals surface area contributed by atoms with Gasteiger partial charge in [0.2, 0.25) is 0 Å². The Hall–Kier alpha value is 0.190. The number of nitrogens with zero attached hydrogens (tertiary/aromatic N) is 2. The van der Waals surface area contributed by atoms with E-state index in [1.807, 2.05) is 0 Å². The van der Waals surface area contributed by atoms with Crippen LogP contribution in [0.15, 0.2) is 0 Å². The van der Waals surface area contributed by atoms with E-state index in [2.05, 4.69) is 26.9 Å². The molecule has 1 atom stereocenters. The van der Waals surface area contributed by atoms with Crippen molar-refractivity contribution in [1.82, 2.24) is 15.1 Å². The summed E-state index contributed by atoms with van der Waals surface area (Å²) < 4.78 is 5.50. The number of thioether (sulfide) groups is 1. The molecule has 3 aliphatic heterocycles. The minimum atomic E-state index is 0.158. The monoisotopic (exact) mass is 257 g/mol. The van der Waals surface area contributed by atoms with E-state index in [-0.39, 0.29) is 5.79 Å². The van der Waals surface area contributed by atoms with Crippen LogP contribution in [0.25, 0.3) is 0 Å². The van der Waals surface area contributed by atoms with Gasteiger partial charge < -0.3 is 4.74 Å². The van der Waals surface area contributed by atoms with E-state index < -0.39 is 0 Å². The number of ether oxygens (including phenoxy) is 1. The normalized spacial score (nSPS) is 37.4. The van der Waals surface area contributed by atoms with Gasteiger partial charge in [0.15, 0.2) is 0 Å². The first kappa shape index (κ1) is 12.2. The first-order chi connectivity index (χ1) is 8.42. The smallest absolute Gasteiger partial charge is 0.128 e. The topological polar surface area (TPSA) is 27.7 Å². The fraction of sp³-hybridized carbons (Fsp3) is 1.00. The van der Waals surface area contributed by atoms with Crippen LogP contribution in [0, 0.1) is 0 Å². The molecule has 1 unspecified atom stereocenters. The zero-order valence-electron chi connectivity index (χ0n) is 10.5. The Kier molecular flexibility index (Phi) is 3.92. The Morgan fingerprint density at radius 2 is 1.71 bits per heavy atom. The fourth-order valence-corrected chi connectivity index (χ4v) is 4.22. The van der Waals surface area contributed by atoms with Crippen LogP contribution in [0.5, 0.6) is 0 Å². The SMILES string of the molecule is C1CNC(N2CCOCC2)(N2CCSCC2)C1. The lowest BCUT2D eigenvalue weighted by Gasteiger charge is -2.51. The molecule has 0 aromatic rings. The largest absolute Gasteiger partial charge is 0.379 e. The maximum Gasteiger partial charge on any atom is 0.128 e. The van der Waals surface area contributed by atoms with Gasteiger partial charge in [-0.1, -0.05) is 0 Å². The van der Waals surface area contributed by atoms with Gasteiger partial charge in [-0.3, -0.25) is 15.1 Å². The predicted octanol–water partition coefficient (Wildman–Crippen LogP) is 0.405. The van der Waals surface area contributed by atoms with Gasteiger partial charge in [0.25, 0.3) is 0 Å². The summed E-state index contributed by atoms with van der Waals surface area (Å²) in [5, 5.41) is 3.80. The van der Waals surface area contributed by atoms with Crippen molar-refractivity contribution in [3.63, 3.8) is 0 Å². The van der Waals surface area contributed by atoms with Crippen LogP contribution in [0.3, 0.4) is 0 Å². The van der Waals surface area contributed by atoms with Crippen LogP contribution in [-0.4, -0.2) is 73.0 Å². The van der Waals surface area contributed by atoms with Crippen LogP contribution >= 0.6 is 11.8 Å². The summed E-state index contributed by atoms with van der Waals surface area (Å²) in [7, 11) is 0. The average Bonchev–Trinajstić information content (AvgIpc) is 2.91. The molecule has 3 rings (SSSR count). The Morgan fingerprint density at radius 3 is 2.35 bits per heavy atom. The van der Waals surface area contributed by atoms with Gasteiger partial charge in [-0.15, -0.1) is 0 Å². The lowest BCUT2D eigenvalue weighted by Crippen LogP contribution is -2.69. The summed E-state index contributed by atoms with van der Waals surface area (Å²) in [4.78, 5) is 5.31. The van der Waals surface area contributed by atoms with Gasteiger partial charge in [0.1, 0.15) is 5.79 Å². The highest BCUT2D eigenvalue weighted by molar-refractivity contribution is 7.99. The van der Waals surface area contributed by atoms with E-state index in [1.165, 1.54) is 44.0 Å². The zero-order valence-corrected chi connectivity index (χ0v) is 11.3. The van der Waals surface area contributed by atoms with Crippen LogP contribution in [0.2, 0.25) is 0 Å². The number of rotatable bonds is 2. The second kappa shape index (κ2) is 5.45. The Labute approximate surface area is 108 Å². The molecular formula is C12H23N3OS. The molecule has 4 nitrogen and oxygen atoms in total. The Morgan fingerprint density at radius 1 is 1.00 bits per heavy atom. The average molecular weight is 257 g/mol. The minimum absolute atomic E-state index is 0.158. The highest BCUT2D eigenvalue weighted by atomic mass is 32.2. The summed E-state index contributed by atoms with van der Waals surface area (Å²) in [6.07, 6.45) is 2.58. The first-order valence-corrected chi connectivity index (χ1v) is 7.98. The second-order valence-electron chi connectivity index (χ2n) is 5.05. The van der Waals surface area contributed by atoms with E-state index in [1.54, 1.807) is 0 Å². The third kappa shape index (κ3) is 2.36. The molecule has 98 valence electrons. The van der Waals surface area contributed by atoms with Gasteiger partial charge in [0.05, 0.1) is 13.2 Å². The quantitative estimate of drug-likeness (QED) is 0.773. The van der Waals surface area contributed by atoms with Crippen molar-refractivity contribution in [3.8, 4) is 0 Å². The van der Waals surface area contributed by atoms with Crippen molar-refractivity contribution in [1.29, 1.82) is 0 Å².